The van der Waals surface area contributed by atoms with E-state index >= 15 is 0 Å². The van der Waals surface area contributed by atoms with Crippen LogP contribution >= 0.6 is 0 Å². The van der Waals surface area contributed by atoms with Gasteiger partial charge in [-0.25, -0.2) is 0 Å². The van der Waals surface area contributed by atoms with Gasteiger partial charge in [0.25, 0.3) is 0 Å². The highest BCUT2D eigenvalue weighted by Crippen LogP contribution is 2.35. The van der Waals surface area contributed by atoms with E-state index in [2.05, 4.69) is 31.0 Å². The molecule has 0 aromatic carbocycles. The minimum absolute atomic E-state index is 0.511. The molecular weight excluding hydrogens is 248 g/mol. The maximum atomic E-state index is 5.90. The molecule has 3 aliphatic rings. The predicted molar refractivity (Wildman–Crippen MR) is 82.9 cm³/mol. The first kappa shape index (κ1) is 14.8. The van der Waals surface area contributed by atoms with E-state index in [1.807, 2.05) is 0 Å². The Morgan fingerprint density at radius 2 is 2.05 bits per heavy atom. The van der Waals surface area contributed by atoms with Gasteiger partial charge in [0.05, 0.1) is 6.10 Å². The molecule has 1 aliphatic carbocycles. The summed E-state index contributed by atoms with van der Waals surface area (Å²) in [5.74, 6) is 2.47. The molecule has 3 nitrogen and oxygen atoms in total. The second-order valence-corrected chi connectivity index (χ2v) is 7.48. The highest BCUT2D eigenvalue weighted by Gasteiger charge is 2.39. The van der Waals surface area contributed by atoms with Crippen molar-refractivity contribution in [2.24, 2.45) is 17.8 Å². The van der Waals surface area contributed by atoms with Crippen LogP contribution < -0.4 is 5.32 Å². The van der Waals surface area contributed by atoms with Crippen molar-refractivity contribution in [3.8, 4) is 0 Å². The van der Waals surface area contributed by atoms with E-state index in [4.69, 9.17) is 4.74 Å². The van der Waals surface area contributed by atoms with Crippen molar-refractivity contribution < 1.29 is 4.74 Å². The zero-order valence-corrected chi connectivity index (χ0v) is 13.5. The van der Waals surface area contributed by atoms with Gasteiger partial charge in [0.15, 0.2) is 0 Å². The Hall–Kier alpha value is -0.120. The van der Waals surface area contributed by atoms with Gasteiger partial charge in [0.1, 0.15) is 0 Å². The molecule has 4 unspecified atom stereocenters. The zero-order valence-electron chi connectivity index (χ0n) is 13.5. The fourth-order valence-electron chi connectivity index (χ4n) is 4.19. The molecule has 2 aliphatic heterocycles. The van der Waals surface area contributed by atoms with Gasteiger partial charge in [-0.05, 0) is 43.4 Å². The molecule has 1 saturated carbocycles. The lowest BCUT2D eigenvalue weighted by molar-refractivity contribution is 0.0424. The second kappa shape index (κ2) is 6.33. The summed E-state index contributed by atoms with van der Waals surface area (Å²) in [6.45, 7) is 11.7. The number of ether oxygens (including phenoxy) is 1. The first-order valence-electron chi connectivity index (χ1n) is 8.78. The SMILES string of the molecule is CCC1OCCC1CN1CC(C2CC2)NCC1C(C)C. The summed E-state index contributed by atoms with van der Waals surface area (Å²) in [5, 5.41) is 3.82. The fourth-order valence-corrected chi connectivity index (χ4v) is 4.19. The number of nitrogens with one attached hydrogen (secondary N) is 1. The van der Waals surface area contributed by atoms with Crippen LogP contribution in [0, 0.1) is 17.8 Å². The minimum Gasteiger partial charge on any atom is -0.378 e. The summed E-state index contributed by atoms with van der Waals surface area (Å²) < 4.78 is 5.90. The topological polar surface area (TPSA) is 24.5 Å². The summed E-state index contributed by atoms with van der Waals surface area (Å²) in [4.78, 5) is 2.80. The van der Waals surface area contributed by atoms with Crippen molar-refractivity contribution in [2.75, 3.05) is 26.2 Å². The molecule has 3 heteroatoms. The first-order chi connectivity index (χ1) is 9.69. The number of rotatable bonds is 5. The predicted octanol–water partition coefficient (Wildman–Crippen LogP) is 2.51. The zero-order chi connectivity index (χ0) is 14.1. The molecule has 0 aromatic rings. The minimum atomic E-state index is 0.511. The molecule has 0 amide bonds. The van der Waals surface area contributed by atoms with Gasteiger partial charge in [-0.3, -0.25) is 4.90 Å². The van der Waals surface area contributed by atoms with Crippen LogP contribution in [0.4, 0.5) is 0 Å². The lowest BCUT2D eigenvalue weighted by atomic mass is 9.93. The smallest absolute Gasteiger partial charge is 0.0613 e. The Morgan fingerprint density at radius 3 is 2.70 bits per heavy atom. The van der Waals surface area contributed by atoms with E-state index in [1.165, 1.54) is 45.3 Å². The van der Waals surface area contributed by atoms with E-state index in [0.717, 1.165) is 30.4 Å². The van der Waals surface area contributed by atoms with Gasteiger partial charge in [-0.15, -0.1) is 0 Å². The molecule has 2 saturated heterocycles. The Morgan fingerprint density at radius 1 is 1.25 bits per heavy atom. The van der Waals surface area contributed by atoms with Crippen molar-refractivity contribution in [3.05, 3.63) is 0 Å². The molecule has 2 heterocycles. The lowest BCUT2D eigenvalue weighted by Crippen LogP contribution is -2.60. The molecule has 0 bridgehead atoms. The first-order valence-corrected chi connectivity index (χ1v) is 8.78. The molecule has 20 heavy (non-hydrogen) atoms. The Labute approximate surface area is 124 Å². The van der Waals surface area contributed by atoms with E-state index in [9.17, 15) is 0 Å². The standard InChI is InChI=1S/C17H32N2O/c1-4-17-14(7-8-20-17)10-19-11-15(13-5-6-13)18-9-16(19)12(2)3/h12-18H,4-11H2,1-3H3. The second-order valence-electron chi connectivity index (χ2n) is 7.48. The maximum Gasteiger partial charge on any atom is 0.0613 e. The van der Waals surface area contributed by atoms with Gasteiger partial charge in [0.2, 0.25) is 0 Å². The van der Waals surface area contributed by atoms with Gasteiger partial charge in [0, 0.05) is 38.3 Å². The third kappa shape index (κ3) is 3.20. The molecule has 0 radical (unpaired) electrons. The number of hydrogen-bond acceptors (Lipinski definition) is 3. The average molecular weight is 280 g/mol. The molecule has 116 valence electrons. The number of piperazine rings is 1. The van der Waals surface area contributed by atoms with Crippen LogP contribution in [-0.2, 0) is 4.74 Å². The van der Waals surface area contributed by atoms with E-state index in [-0.39, 0.29) is 0 Å². The monoisotopic (exact) mass is 280 g/mol. The van der Waals surface area contributed by atoms with Crippen molar-refractivity contribution in [2.45, 2.75) is 64.6 Å². The molecular formula is C17H32N2O. The molecule has 0 aromatic heterocycles. The van der Waals surface area contributed by atoms with Gasteiger partial charge < -0.3 is 10.1 Å². The van der Waals surface area contributed by atoms with Gasteiger partial charge >= 0.3 is 0 Å². The molecule has 0 spiro atoms. The normalized spacial score (nSPS) is 39.6. The molecule has 3 rings (SSSR count). The van der Waals surface area contributed by atoms with Crippen LogP contribution in [0.1, 0.15) is 46.5 Å². The van der Waals surface area contributed by atoms with Crippen LogP contribution in [-0.4, -0.2) is 49.3 Å². The highest BCUT2D eigenvalue weighted by molar-refractivity contribution is 4.96. The average Bonchev–Trinajstić information content (AvgIpc) is 3.19. The lowest BCUT2D eigenvalue weighted by Gasteiger charge is -2.44. The van der Waals surface area contributed by atoms with Crippen molar-refractivity contribution >= 4 is 0 Å². The Balaban J connectivity index is 1.62. The van der Waals surface area contributed by atoms with Gasteiger partial charge in [-0.2, -0.15) is 0 Å². The van der Waals surface area contributed by atoms with E-state index in [0.29, 0.717) is 12.1 Å². The summed E-state index contributed by atoms with van der Waals surface area (Å²) >= 11 is 0. The van der Waals surface area contributed by atoms with E-state index < -0.39 is 0 Å². The van der Waals surface area contributed by atoms with Crippen LogP contribution in [0.3, 0.4) is 0 Å². The Bertz CT molecular complexity index is 316. The summed E-state index contributed by atoms with van der Waals surface area (Å²) in [5.41, 5.74) is 0. The third-order valence-corrected chi connectivity index (χ3v) is 5.67. The van der Waals surface area contributed by atoms with Crippen molar-refractivity contribution in [3.63, 3.8) is 0 Å². The molecule has 4 atom stereocenters. The van der Waals surface area contributed by atoms with Crippen molar-refractivity contribution in [1.29, 1.82) is 0 Å². The van der Waals surface area contributed by atoms with Crippen LogP contribution in [0.2, 0.25) is 0 Å². The maximum absolute atomic E-state index is 5.90. The molecule has 1 N–H and O–H groups in total. The summed E-state index contributed by atoms with van der Waals surface area (Å²) in [6.07, 6.45) is 5.84. The quantitative estimate of drug-likeness (QED) is 0.837. The highest BCUT2D eigenvalue weighted by atomic mass is 16.5. The van der Waals surface area contributed by atoms with Crippen molar-refractivity contribution in [1.82, 2.24) is 10.2 Å². The van der Waals surface area contributed by atoms with Crippen LogP contribution in [0.5, 0.6) is 0 Å². The third-order valence-electron chi connectivity index (χ3n) is 5.67. The largest absolute Gasteiger partial charge is 0.378 e. The fraction of sp³-hybridized carbons (Fsp3) is 1.00. The van der Waals surface area contributed by atoms with Crippen LogP contribution in [0.15, 0.2) is 0 Å². The van der Waals surface area contributed by atoms with E-state index in [1.54, 1.807) is 0 Å². The van der Waals surface area contributed by atoms with Gasteiger partial charge in [-0.1, -0.05) is 20.8 Å². The molecule has 3 fully saturated rings. The summed E-state index contributed by atoms with van der Waals surface area (Å²) in [7, 11) is 0. The summed E-state index contributed by atoms with van der Waals surface area (Å²) in [6, 6.07) is 1.47. The number of nitrogens with zero attached hydrogens (tertiary/aromatic N) is 1. The Kier molecular flexibility index (Phi) is 4.68. The van der Waals surface area contributed by atoms with Crippen LogP contribution in [0.25, 0.3) is 0 Å². The number of hydrogen-bond donors (Lipinski definition) is 1.